The van der Waals surface area contributed by atoms with Crippen molar-refractivity contribution in [3.8, 4) is 11.4 Å². The maximum Gasteiger partial charge on any atom is 0.236 e. The SMILES string of the molecule is Cc1nc(-c2ccccc2)nc(N2CCN(S(=O)(=O)C=Cc3ccccc3)CC2)c1C(C)C. The van der Waals surface area contributed by atoms with Gasteiger partial charge >= 0.3 is 0 Å². The van der Waals surface area contributed by atoms with Crippen molar-refractivity contribution in [3.63, 3.8) is 0 Å². The van der Waals surface area contributed by atoms with E-state index < -0.39 is 10.0 Å². The minimum atomic E-state index is -3.48. The molecule has 2 heterocycles. The fourth-order valence-electron chi connectivity index (χ4n) is 4.17. The van der Waals surface area contributed by atoms with Gasteiger partial charge in [-0.05, 0) is 24.5 Å². The van der Waals surface area contributed by atoms with Crippen molar-refractivity contribution in [2.24, 2.45) is 0 Å². The molecule has 0 atom stereocenters. The molecule has 7 heteroatoms. The van der Waals surface area contributed by atoms with Crippen LogP contribution in [0, 0.1) is 6.92 Å². The van der Waals surface area contributed by atoms with Gasteiger partial charge in [-0.3, -0.25) is 0 Å². The molecule has 33 heavy (non-hydrogen) atoms. The maximum absolute atomic E-state index is 12.9. The molecule has 1 aromatic heterocycles. The molecule has 172 valence electrons. The molecule has 0 spiro atoms. The van der Waals surface area contributed by atoms with Crippen LogP contribution in [0.1, 0.15) is 36.6 Å². The van der Waals surface area contributed by atoms with Gasteiger partial charge in [0.1, 0.15) is 5.82 Å². The molecule has 6 nitrogen and oxygen atoms in total. The number of aromatic nitrogens is 2. The molecule has 0 radical (unpaired) electrons. The van der Waals surface area contributed by atoms with Gasteiger partial charge in [0.25, 0.3) is 0 Å². The van der Waals surface area contributed by atoms with Gasteiger partial charge in [-0.15, -0.1) is 0 Å². The number of piperazine rings is 1. The second kappa shape index (κ2) is 9.85. The van der Waals surface area contributed by atoms with Gasteiger partial charge in [0.2, 0.25) is 10.0 Å². The highest BCUT2D eigenvalue weighted by molar-refractivity contribution is 7.92. The third-order valence-electron chi connectivity index (χ3n) is 5.86. The predicted octanol–water partition coefficient (Wildman–Crippen LogP) is 4.70. The van der Waals surface area contributed by atoms with E-state index in [1.54, 1.807) is 10.4 Å². The fraction of sp³-hybridized carbons (Fsp3) is 0.308. The lowest BCUT2D eigenvalue weighted by molar-refractivity contribution is 0.388. The van der Waals surface area contributed by atoms with E-state index in [9.17, 15) is 8.42 Å². The summed E-state index contributed by atoms with van der Waals surface area (Å²) in [7, 11) is -3.48. The number of hydrogen-bond donors (Lipinski definition) is 0. The second-order valence-corrected chi connectivity index (χ2v) is 10.4. The number of rotatable bonds is 6. The highest BCUT2D eigenvalue weighted by Crippen LogP contribution is 2.31. The molecule has 0 bridgehead atoms. The first-order valence-electron chi connectivity index (χ1n) is 11.3. The van der Waals surface area contributed by atoms with E-state index in [0.29, 0.717) is 32.0 Å². The Morgan fingerprint density at radius 2 is 1.48 bits per heavy atom. The van der Waals surface area contributed by atoms with E-state index in [4.69, 9.17) is 9.97 Å². The van der Waals surface area contributed by atoms with Gasteiger partial charge in [0.05, 0.1) is 0 Å². The predicted molar refractivity (Wildman–Crippen MR) is 134 cm³/mol. The molecule has 0 unspecified atom stereocenters. The van der Waals surface area contributed by atoms with Crippen LogP contribution in [0.2, 0.25) is 0 Å². The van der Waals surface area contributed by atoms with Crippen molar-refractivity contribution in [2.75, 3.05) is 31.1 Å². The summed E-state index contributed by atoms with van der Waals surface area (Å²) in [6.45, 7) is 8.33. The topological polar surface area (TPSA) is 66.4 Å². The Hall–Kier alpha value is -3.03. The molecule has 1 fully saturated rings. The average molecular weight is 463 g/mol. The first-order valence-corrected chi connectivity index (χ1v) is 12.8. The highest BCUT2D eigenvalue weighted by atomic mass is 32.2. The smallest absolute Gasteiger partial charge is 0.236 e. The van der Waals surface area contributed by atoms with Crippen LogP contribution in [0.5, 0.6) is 0 Å². The van der Waals surface area contributed by atoms with Crippen LogP contribution in [0.15, 0.2) is 66.1 Å². The number of nitrogens with zero attached hydrogens (tertiary/aromatic N) is 4. The van der Waals surface area contributed by atoms with Crippen molar-refractivity contribution < 1.29 is 8.42 Å². The lowest BCUT2D eigenvalue weighted by Gasteiger charge is -2.35. The third kappa shape index (κ3) is 5.31. The molecule has 0 N–H and O–H groups in total. The van der Waals surface area contributed by atoms with E-state index in [2.05, 4.69) is 18.7 Å². The first kappa shape index (κ1) is 23.1. The Balaban J connectivity index is 1.55. The maximum atomic E-state index is 12.9. The molecular formula is C26H30N4O2S. The van der Waals surface area contributed by atoms with Gasteiger partial charge in [0, 0.05) is 48.4 Å². The van der Waals surface area contributed by atoms with Crippen LogP contribution in [-0.4, -0.2) is 48.9 Å². The van der Waals surface area contributed by atoms with Gasteiger partial charge in [-0.2, -0.15) is 4.31 Å². The van der Waals surface area contributed by atoms with Crippen LogP contribution >= 0.6 is 0 Å². The summed E-state index contributed by atoms with van der Waals surface area (Å²) in [6.07, 6.45) is 1.65. The molecule has 4 rings (SSSR count). The van der Waals surface area contributed by atoms with E-state index in [1.807, 2.05) is 67.6 Å². The minimum Gasteiger partial charge on any atom is -0.354 e. The van der Waals surface area contributed by atoms with Gasteiger partial charge in [-0.25, -0.2) is 18.4 Å². The highest BCUT2D eigenvalue weighted by Gasteiger charge is 2.28. The zero-order chi connectivity index (χ0) is 23.4. The normalized spacial score (nSPS) is 15.5. The Bertz CT molecular complexity index is 1220. The van der Waals surface area contributed by atoms with Crippen LogP contribution in [0.4, 0.5) is 5.82 Å². The minimum absolute atomic E-state index is 0.264. The molecular weight excluding hydrogens is 432 g/mol. The summed E-state index contributed by atoms with van der Waals surface area (Å²) >= 11 is 0. The average Bonchev–Trinajstić information content (AvgIpc) is 2.83. The lowest BCUT2D eigenvalue weighted by atomic mass is 10.0. The van der Waals surface area contributed by atoms with Gasteiger partial charge < -0.3 is 4.90 Å². The van der Waals surface area contributed by atoms with Crippen LogP contribution in [-0.2, 0) is 10.0 Å². The van der Waals surface area contributed by atoms with Crippen molar-refractivity contribution in [2.45, 2.75) is 26.7 Å². The lowest BCUT2D eigenvalue weighted by Crippen LogP contribution is -2.48. The molecule has 0 amide bonds. The Kier molecular flexibility index (Phi) is 6.91. The monoisotopic (exact) mass is 462 g/mol. The molecule has 0 saturated carbocycles. The molecule has 1 saturated heterocycles. The van der Waals surface area contributed by atoms with Crippen molar-refractivity contribution in [1.29, 1.82) is 0 Å². The third-order valence-corrected chi connectivity index (χ3v) is 7.42. The molecule has 2 aromatic carbocycles. The molecule has 3 aromatic rings. The van der Waals surface area contributed by atoms with Crippen LogP contribution < -0.4 is 4.90 Å². The number of hydrogen-bond acceptors (Lipinski definition) is 5. The zero-order valence-corrected chi connectivity index (χ0v) is 20.2. The summed E-state index contributed by atoms with van der Waals surface area (Å²) in [5, 5.41) is 1.31. The van der Waals surface area contributed by atoms with Gasteiger partial charge in [-0.1, -0.05) is 74.5 Å². The largest absolute Gasteiger partial charge is 0.354 e. The molecule has 0 aliphatic carbocycles. The quantitative estimate of drug-likeness (QED) is 0.531. The van der Waals surface area contributed by atoms with E-state index in [1.165, 1.54) is 5.41 Å². The van der Waals surface area contributed by atoms with Crippen molar-refractivity contribution in [1.82, 2.24) is 14.3 Å². The summed E-state index contributed by atoms with van der Waals surface area (Å²) < 4.78 is 27.3. The number of benzene rings is 2. The summed E-state index contributed by atoms with van der Waals surface area (Å²) in [6, 6.07) is 19.4. The van der Waals surface area contributed by atoms with E-state index in [-0.39, 0.29) is 5.92 Å². The number of aryl methyl sites for hydroxylation is 1. The van der Waals surface area contributed by atoms with Crippen LogP contribution in [0.25, 0.3) is 17.5 Å². The van der Waals surface area contributed by atoms with E-state index in [0.717, 1.165) is 28.2 Å². The second-order valence-electron chi connectivity index (χ2n) is 8.54. The van der Waals surface area contributed by atoms with Gasteiger partial charge in [0.15, 0.2) is 5.82 Å². The first-order chi connectivity index (χ1) is 15.8. The van der Waals surface area contributed by atoms with Crippen molar-refractivity contribution >= 4 is 21.9 Å². The Labute approximate surface area is 196 Å². The van der Waals surface area contributed by atoms with E-state index >= 15 is 0 Å². The number of anilines is 1. The fourth-order valence-corrected chi connectivity index (χ4v) is 5.34. The summed E-state index contributed by atoms with van der Waals surface area (Å²) in [5.74, 6) is 1.88. The Morgan fingerprint density at radius 3 is 2.09 bits per heavy atom. The Morgan fingerprint density at radius 1 is 0.879 bits per heavy atom. The zero-order valence-electron chi connectivity index (χ0n) is 19.3. The van der Waals surface area contributed by atoms with Crippen molar-refractivity contribution in [3.05, 3.63) is 82.9 Å². The summed E-state index contributed by atoms with van der Waals surface area (Å²) in [4.78, 5) is 11.9. The summed E-state index contributed by atoms with van der Waals surface area (Å²) in [5.41, 5.74) is 3.93. The number of sulfonamides is 1. The molecule has 1 aliphatic heterocycles. The van der Waals surface area contributed by atoms with Crippen LogP contribution in [0.3, 0.4) is 0 Å². The standard InChI is InChI=1S/C26H30N4O2S/c1-20(2)24-21(3)27-25(23-12-8-5-9-13-23)28-26(24)29-15-17-30(18-16-29)33(31,32)19-14-22-10-6-4-7-11-22/h4-14,19-20H,15-18H2,1-3H3. The molecule has 1 aliphatic rings.